The van der Waals surface area contributed by atoms with E-state index >= 15 is 0 Å². The summed E-state index contributed by atoms with van der Waals surface area (Å²) in [7, 11) is 0. The molecule has 35 heavy (non-hydrogen) atoms. The van der Waals surface area contributed by atoms with Crippen LogP contribution in [-0.4, -0.2) is 6.61 Å². The number of unbranched alkanes of at least 4 members (excludes halogenated alkanes) is 4. The number of ether oxygens (including phenoxy) is 1. The minimum atomic E-state index is -0.0562. The molecule has 1 aromatic carbocycles. The maximum atomic E-state index is 14.8. The van der Waals surface area contributed by atoms with Crippen LogP contribution in [0, 0.1) is 35.4 Å². The predicted octanol–water partition coefficient (Wildman–Crippen LogP) is 10.5. The smallest absolute Gasteiger partial charge is 0.130 e. The van der Waals surface area contributed by atoms with E-state index in [-0.39, 0.29) is 5.82 Å². The molecule has 4 unspecified atom stereocenters. The lowest BCUT2D eigenvalue weighted by Crippen LogP contribution is -2.31. The van der Waals surface area contributed by atoms with Crippen LogP contribution in [0.5, 0.6) is 5.75 Å². The lowest BCUT2D eigenvalue weighted by Gasteiger charge is -2.43. The van der Waals surface area contributed by atoms with Crippen LogP contribution in [-0.2, 0) is 0 Å². The zero-order valence-corrected chi connectivity index (χ0v) is 22.9. The van der Waals surface area contributed by atoms with Gasteiger partial charge in [0.2, 0.25) is 0 Å². The van der Waals surface area contributed by atoms with Crippen LogP contribution in [0.2, 0.25) is 0 Å². The molecule has 3 aliphatic carbocycles. The van der Waals surface area contributed by atoms with E-state index in [1.165, 1.54) is 116 Å². The first kappa shape index (κ1) is 27.0. The van der Waals surface area contributed by atoms with Crippen LogP contribution >= 0.6 is 0 Å². The summed E-state index contributed by atoms with van der Waals surface area (Å²) in [5.74, 6) is 5.76. The zero-order valence-electron chi connectivity index (χ0n) is 22.9. The highest BCUT2D eigenvalue weighted by atomic mass is 19.1. The lowest BCUT2D eigenvalue weighted by atomic mass is 9.63. The van der Waals surface area contributed by atoms with Gasteiger partial charge < -0.3 is 4.74 Å². The normalized spacial score (nSPS) is 31.2. The van der Waals surface area contributed by atoms with Crippen molar-refractivity contribution in [2.24, 2.45) is 29.6 Å². The van der Waals surface area contributed by atoms with Gasteiger partial charge in [-0.1, -0.05) is 96.5 Å². The number of halogens is 1. The molecule has 0 bridgehead atoms. The van der Waals surface area contributed by atoms with Gasteiger partial charge in [-0.25, -0.2) is 4.39 Å². The molecule has 3 saturated carbocycles. The third-order valence-electron chi connectivity index (χ3n) is 10.1. The maximum absolute atomic E-state index is 14.8. The van der Waals surface area contributed by atoms with Crippen LogP contribution in [0.3, 0.4) is 0 Å². The molecule has 198 valence electrons. The topological polar surface area (TPSA) is 9.23 Å². The fraction of sp³-hybridized carbons (Fsp3) is 0.818. The maximum Gasteiger partial charge on any atom is 0.130 e. The van der Waals surface area contributed by atoms with E-state index in [4.69, 9.17) is 4.74 Å². The second-order valence-electron chi connectivity index (χ2n) is 12.5. The van der Waals surface area contributed by atoms with Crippen LogP contribution in [0.15, 0.2) is 18.2 Å². The van der Waals surface area contributed by atoms with Crippen molar-refractivity contribution in [3.63, 3.8) is 0 Å². The summed E-state index contributed by atoms with van der Waals surface area (Å²) >= 11 is 0. The Labute approximate surface area is 216 Å². The number of benzene rings is 1. The van der Waals surface area contributed by atoms with Gasteiger partial charge in [0.05, 0.1) is 6.61 Å². The summed E-state index contributed by atoms with van der Waals surface area (Å²) in [6, 6.07) is 5.56. The van der Waals surface area contributed by atoms with E-state index in [2.05, 4.69) is 6.92 Å². The van der Waals surface area contributed by atoms with Crippen molar-refractivity contribution < 1.29 is 9.13 Å². The first-order chi connectivity index (χ1) is 17.2. The highest BCUT2D eigenvalue weighted by Gasteiger charge is 2.36. The molecule has 0 amide bonds. The first-order valence-corrected chi connectivity index (χ1v) is 15.6. The van der Waals surface area contributed by atoms with Gasteiger partial charge in [0, 0.05) is 6.07 Å². The average Bonchev–Trinajstić information content (AvgIpc) is 2.88. The molecule has 0 spiro atoms. The summed E-state index contributed by atoms with van der Waals surface area (Å²) in [6.45, 7) is 4.85. The quantitative estimate of drug-likeness (QED) is 0.268. The third kappa shape index (κ3) is 7.96. The van der Waals surface area contributed by atoms with Crippen LogP contribution < -0.4 is 4.74 Å². The second-order valence-corrected chi connectivity index (χ2v) is 12.5. The van der Waals surface area contributed by atoms with Crippen molar-refractivity contribution >= 4 is 0 Å². The Kier molecular flexibility index (Phi) is 10.8. The van der Waals surface area contributed by atoms with Gasteiger partial charge in [-0.15, -0.1) is 0 Å². The molecule has 0 radical (unpaired) electrons. The second kappa shape index (κ2) is 14.0. The fourth-order valence-corrected chi connectivity index (χ4v) is 7.94. The van der Waals surface area contributed by atoms with Gasteiger partial charge in [0.25, 0.3) is 0 Å². The van der Waals surface area contributed by atoms with E-state index in [1.807, 2.05) is 19.1 Å². The Hall–Kier alpha value is -1.05. The molecule has 0 saturated heterocycles. The number of rotatable bonds is 12. The summed E-state index contributed by atoms with van der Waals surface area (Å²) < 4.78 is 20.3. The highest BCUT2D eigenvalue weighted by molar-refractivity contribution is 5.31. The van der Waals surface area contributed by atoms with Gasteiger partial charge in [-0.2, -0.15) is 0 Å². The Morgan fingerprint density at radius 2 is 1.37 bits per heavy atom. The molecule has 1 aromatic rings. The number of hydrogen-bond acceptors (Lipinski definition) is 1. The molecule has 0 N–H and O–H groups in total. The summed E-state index contributed by atoms with van der Waals surface area (Å²) in [6.07, 6.45) is 25.6. The molecule has 2 heteroatoms. The lowest BCUT2D eigenvalue weighted by molar-refractivity contribution is 0.108. The minimum Gasteiger partial charge on any atom is -0.494 e. The molecule has 4 atom stereocenters. The number of hydrogen-bond donors (Lipinski definition) is 0. The van der Waals surface area contributed by atoms with Crippen molar-refractivity contribution in [1.82, 2.24) is 0 Å². The molecular weight excluding hydrogens is 431 g/mol. The Morgan fingerprint density at radius 1 is 0.714 bits per heavy atom. The molecule has 1 nitrogen and oxygen atoms in total. The van der Waals surface area contributed by atoms with Gasteiger partial charge in [-0.05, 0) is 86.2 Å². The zero-order chi connectivity index (χ0) is 24.5. The molecular formula is C33H53FO. The van der Waals surface area contributed by atoms with E-state index in [0.717, 1.165) is 35.2 Å². The van der Waals surface area contributed by atoms with Crippen molar-refractivity contribution in [3.05, 3.63) is 29.6 Å². The van der Waals surface area contributed by atoms with E-state index in [0.29, 0.717) is 18.3 Å². The molecule has 0 heterocycles. The molecule has 4 rings (SSSR count). The molecule has 0 aromatic heterocycles. The van der Waals surface area contributed by atoms with Crippen molar-refractivity contribution in [1.29, 1.82) is 0 Å². The van der Waals surface area contributed by atoms with E-state index < -0.39 is 0 Å². The first-order valence-electron chi connectivity index (χ1n) is 15.6. The van der Waals surface area contributed by atoms with Crippen molar-refractivity contribution in [2.75, 3.05) is 6.61 Å². The van der Waals surface area contributed by atoms with Gasteiger partial charge in [0.15, 0.2) is 0 Å². The van der Waals surface area contributed by atoms with Gasteiger partial charge in [0.1, 0.15) is 11.6 Å². The summed E-state index contributed by atoms with van der Waals surface area (Å²) in [5, 5.41) is 0. The predicted molar refractivity (Wildman–Crippen MR) is 147 cm³/mol. The van der Waals surface area contributed by atoms with E-state index in [1.54, 1.807) is 6.07 Å². The molecule has 3 aliphatic rings. The van der Waals surface area contributed by atoms with Crippen molar-refractivity contribution in [3.8, 4) is 5.75 Å². The highest BCUT2D eigenvalue weighted by Crippen LogP contribution is 2.49. The largest absolute Gasteiger partial charge is 0.494 e. The Balaban J connectivity index is 1.14. The number of fused-ring (bicyclic) bond motifs is 1. The van der Waals surface area contributed by atoms with Gasteiger partial charge >= 0.3 is 0 Å². The summed E-state index contributed by atoms with van der Waals surface area (Å²) in [4.78, 5) is 0. The SMILES string of the molecule is CCCCCCCC1CCC(CCC2CCC3CC(c4ccc(OCC)cc4F)CCC3C2)CC1. The Bertz CT molecular complexity index is 737. The van der Waals surface area contributed by atoms with Crippen LogP contribution in [0.1, 0.15) is 141 Å². The standard InChI is InChI=1S/C33H53FO/c1-3-5-6-7-8-9-25-10-12-26(13-11-25)14-15-27-16-17-29-23-30(19-18-28(29)22-27)32-21-20-31(35-4-2)24-33(32)34/h20-21,24-30H,3-19,22-23H2,1-2H3. The van der Waals surface area contributed by atoms with Crippen molar-refractivity contribution in [2.45, 2.75) is 135 Å². The third-order valence-corrected chi connectivity index (χ3v) is 10.1. The Morgan fingerprint density at radius 3 is 2.11 bits per heavy atom. The van der Waals surface area contributed by atoms with Gasteiger partial charge in [-0.3, -0.25) is 0 Å². The van der Waals surface area contributed by atoms with Crippen LogP contribution in [0.25, 0.3) is 0 Å². The van der Waals surface area contributed by atoms with Crippen LogP contribution in [0.4, 0.5) is 4.39 Å². The molecule has 0 aliphatic heterocycles. The monoisotopic (exact) mass is 484 g/mol. The minimum absolute atomic E-state index is 0.0562. The van der Waals surface area contributed by atoms with E-state index in [9.17, 15) is 4.39 Å². The summed E-state index contributed by atoms with van der Waals surface area (Å²) in [5.41, 5.74) is 0.936. The average molecular weight is 485 g/mol. The fourth-order valence-electron chi connectivity index (χ4n) is 7.94. The molecule has 3 fully saturated rings.